The Morgan fingerprint density at radius 3 is 2.76 bits per heavy atom. The van der Waals surface area contributed by atoms with E-state index in [1.807, 2.05) is 22.8 Å². The van der Waals surface area contributed by atoms with Gasteiger partial charge in [0.2, 0.25) is 0 Å². The first-order chi connectivity index (χ1) is 9.83. The van der Waals surface area contributed by atoms with Gasteiger partial charge in [0.1, 0.15) is 15.7 Å². The van der Waals surface area contributed by atoms with Crippen LogP contribution in [0.4, 0.5) is 0 Å². The van der Waals surface area contributed by atoms with Gasteiger partial charge in [-0.3, -0.25) is 0 Å². The second-order valence-corrected chi connectivity index (χ2v) is 7.92. The molecule has 1 atom stereocenters. The highest BCUT2D eigenvalue weighted by Crippen LogP contribution is 2.27. The zero-order chi connectivity index (χ0) is 15.6. The van der Waals surface area contributed by atoms with E-state index in [4.69, 9.17) is 17.3 Å². The van der Waals surface area contributed by atoms with Gasteiger partial charge in [-0.2, -0.15) is 0 Å². The Bertz CT molecular complexity index is 740. The van der Waals surface area contributed by atoms with Gasteiger partial charge in [0.25, 0.3) is 0 Å². The predicted molar refractivity (Wildman–Crippen MR) is 86.3 cm³/mol. The first kappa shape index (κ1) is 16.3. The van der Waals surface area contributed by atoms with Gasteiger partial charge in [-0.1, -0.05) is 24.6 Å². The van der Waals surface area contributed by atoms with Crippen molar-refractivity contribution in [3.8, 4) is 0 Å². The molecule has 1 aromatic heterocycles. The fourth-order valence-corrected chi connectivity index (χ4v) is 3.32. The molecule has 5 nitrogen and oxygen atoms in total. The van der Waals surface area contributed by atoms with Crippen LogP contribution in [0.25, 0.3) is 11.0 Å². The molecular formula is C14H20ClN3O2S. The van der Waals surface area contributed by atoms with E-state index in [0.717, 1.165) is 24.0 Å². The van der Waals surface area contributed by atoms with E-state index in [0.29, 0.717) is 17.3 Å². The maximum absolute atomic E-state index is 11.3. The van der Waals surface area contributed by atoms with E-state index >= 15 is 0 Å². The number of hydrogen-bond acceptors (Lipinski definition) is 4. The molecule has 0 saturated carbocycles. The molecule has 2 aromatic rings. The van der Waals surface area contributed by atoms with Crippen LogP contribution in [0.1, 0.15) is 31.6 Å². The molecule has 0 amide bonds. The highest BCUT2D eigenvalue weighted by atomic mass is 35.5. The number of sulfone groups is 1. The molecular weight excluding hydrogens is 310 g/mol. The molecule has 0 aliphatic carbocycles. The molecule has 21 heavy (non-hydrogen) atoms. The van der Waals surface area contributed by atoms with Crippen LogP contribution in [0.3, 0.4) is 0 Å². The molecule has 0 spiro atoms. The second kappa shape index (κ2) is 6.34. The molecule has 116 valence electrons. The molecule has 2 rings (SSSR count). The van der Waals surface area contributed by atoms with Crippen LogP contribution >= 0.6 is 11.6 Å². The lowest BCUT2D eigenvalue weighted by Crippen LogP contribution is -2.20. The van der Waals surface area contributed by atoms with Crippen LogP contribution in [-0.4, -0.2) is 30.0 Å². The average Bonchev–Trinajstić information content (AvgIpc) is 2.76. The molecule has 0 saturated heterocycles. The largest absolute Gasteiger partial charge is 0.325 e. The van der Waals surface area contributed by atoms with Gasteiger partial charge < -0.3 is 10.3 Å². The summed E-state index contributed by atoms with van der Waals surface area (Å²) >= 11 is 6.27. The van der Waals surface area contributed by atoms with Gasteiger partial charge >= 0.3 is 0 Å². The zero-order valence-corrected chi connectivity index (χ0v) is 13.8. The Morgan fingerprint density at radius 2 is 2.14 bits per heavy atom. The Labute approximate surface area is 130 Å². The van der Waals surface area contributed by atoms with E-state index in [-0.39, 0.29) is 5.75 Å². The van der Waals surface area contributed by atoms with Gasteiger partial charge in [-0.05, 0) is 25.0 Å². The monoisotopic (exact) mass is 329 g/mol. The molecule has 1 unspecified atom stereocenters. The minimum atomic E-state index is -3.03. The zero-order valence-electron chi connectivity index (χ0n) is 12.2. The van der Waals surface area contributed by atoms with Crippen molar-refractivity contribution in [3.63, 3.8) is 0 Å². The standard InChI is InChI=1S/C14H20ClN3O2S/c1-3-8-18-13-10(15)5-4-6-12(13)17-14(18)11(16)7-9-21(2,19)20/h4-6,11H,3,7-9,16H2,1-2H3. The van der Waals surface area contributed by atoms with Crippen LogP contribution in [0.5, 0.6) is 0 Å². The summed E-state index contributed by atoms with van der Waals surface area (Å²) < 4.78 is 24.6. The van der Waals surface area contributed by atoms with Crippen molar-refractivity contribution in [2.75, 3.05) is 12.0 Å². The van der Waals surface area contributed by atoms with Crippen molar-refractivity contribution < 1.29 is 8.42 Å². The average molecular weight is 330 g/mol. The molecule has 7 heteroatoms. The van der Waals surface area contributed by atoms with Crippen molar-refractivity contribution in [2.24, 2.45) is 5.73 Å². The predicted octanol–water partition coefficient (Wildman–Crippen LogP) is 2.53. The van der Waals surface area contributed by atoms with E-state index in [2.05, 4.69) is 11.9 Å². The SMILES string of the molecule is CCCn1c(C(N)CCS(C)(=O)=O)nc2cccc(Cl)c21. The highest BCUT2D eigenvalue weighted by molar-refractivity contribution is 7.90. The van der Waals surface area contributed by atoms with Crippen LogP contribution < -0.4 is 5.73 Å². The van der Waals surface area contributed by atoms with Crippen molar-refractivity contribution in [1.82, 2.24) is 9.55 Å². The van der Waals surface area contributed by atoms with Gasteiger partial charge in [-0.15, -0.1) is 0 Å². The van der Waals surface area contributed by atoms with Crippen molar-refractivity contribution in [2.45, 2.75) is 32.4 Å². The van der Waals surface area contributed by atoms with Crippen LogP contribution in [-0.2, 0) is 16.4 Å². The number of halogens is 1. The van der Waals surface area contributed by atoms with Gasteiger partial charge in [-0.25, -0.2) is 13.4 Å². The van der Waals surface area contributed by atoms with E-state index in [1.54, 1.807) is 0 Å². The maximum Gasteiger partial charge on any atom is 0.147 e. The highest BCUT2D eigenvalue weighted by Gasteiger charge is 2.19. The molecule has 0 aliphatic heterocycles. The lowest BCUT2D eigenvalue weighted by molar-refractivity contribution is 0.563. The van der Waals surface area contributed by atoms with Crippen molar-refractivity contribution in [1.29, 1.82) is 0 Å². The Morgan fingerprint density at radius 1 is 1.43 bits per heavy atom. The summed E-state index contributed by atoms with van der Waals surface area (Å²) in [5.74, 6) is 0.751. The van der Waals surface area contributed by atoms with Gasteiger partial charge in [0, 0.05) is 12.8 Å². The van der Waals surface area contributed by atoms with Crippen molar-refractivity contribution in [3.05, 3.63) is 29.0 Å². The fourth-order valence-electron chi connectivity index (χ4n) is 2.36. The number of benzene rings is 1. The summed E-state index contributed by atoms with van der Waals surface area (Å²) in [7, 11) is -3.03. The topological polar surface area (TPSA) is 78.0 Å². The third-order valence-electron chi connectivity index (χ3n) is 3.33. The Hall–Kier alpha value is -1.11. The number of fused-ring (bicyclic) bond motifs is 1. The molecule has 1 aromatic carbocycles. The lowest BCUT2D eigenvalue weighted by Gasteiger charge is -2.14. The van der Waals surface area contributed by atoms with E-state index in [9.17, 15) is 8.42 Å². The molecule has 1 heterocycles. The van der Waals surface area contributed by atoms with E-state index in [1.165, 1.54) is 6.26 Å². The number of nitrogens with two attached hydrogens (primary N) is 1. The third kappa shape index (κ3) is 3.75. The summed E-state index contributed by atoms with van der Waals surface area (Å²) in [6.07, 6.45) is 2.48. The second-order valence-electron chi connectivity index (χ2n) is 5.25. The summed E-state index contributed by atoms with van der Waals surface area (Å²) in [6.45, 7) is 2.82. The number of rotatable bonds is 6. The Balaban J connectivity index is 2.42. The third-order valence-corrected chi connectivity index (χ3v) is 4.61. The smallest absolute Gasteiger partial charge is 0.147 e. The Kier molecular flexibility index (Phi) is 4.91. The van der Waals surface area contributed by atoms with Crippen LogP contribution in [0.2, 0.25) is 5.02 Å². The summed E-state index contributed by atoms with van der Waals surface area (Å²) in [6, 6.07) is 5.14. The number of nitrogens with zero attached hydrogens (tertiary/aromatic N) is 2. The normalized spacial score (nSPS) is 13.7. The first-order valence-corrected chi connectivity index (χ1v) is 9.35. The van der Waals surface area contributed by atoms with Crippen LogP contribution in [0, 0.1) is 0 Å². The minimum Gasteiger partial charge on any atom is -0.325 e. The van der Waals surface area contributed by atoms with Crippen LogP contribution in [0.15, 0.2) is 18.2 Å². The van der Waals surface area contributed by atoms with Crippen molar-refractivity contribution >= 4 is 32.5 Å². The van der Waals surface area contributed by atoms with Gasteiger partial charge in [0.05, 0.1) is 27.9 Å². The fraction of sp³-hybridized carbons (Fsp3) is 0.500. The summed E-state index contributed by atoms with van der Waals surface area (Å²) in [5, 5.41) is 0.634. The molecule has 0 bridgehead atoms. The molecule has 0 radical (unpaired) electrons. The maximum atomic E-state index is 11.3. The molecule has 0 fully saturated rings. The van der Waals surface area contributed by atoms with E-state index < -0.39 is 15.9 Å². The number of imidazole rings is 1. The quantitative estimate of drug-likeness (QED) is 0.883. The number of hydrogen-bond donors (Lipinski definition) is 1. The first-order valence-electron chi connectivity index (χ1n) is 6.91. The molecule has 2 N–H and O–H groups in total. The summed E-state index contributed by atoms with van der Waals surface area (Å²) in [5.41, 5.74) is 7.82. The molecule has 0 aliphatic rings. The number of para-hydroxylation sites is 1. The minimum absolute atomic E-state index is 0.0528. The van der Waals surface area contributed by atoms with Gasteiger partial charge in [0.15, 0.2) is 0 Å². The number of aromatic nitrogens is 2. The number of aryl methyl sites for hydroxylation is 1. The summed E-state index contributed by atoms with van der Waals surface area (Å²) in [4.78, 5) is 4.55. The lowest BCUT2D eigenvalue weighted by atomic mass is 10.2.